The van der Waals surface area contributed by atoms with E-state index in [1.165, 1.54) is 231 Å². The number of unbranched alkanes of at least 4 members (excludes halogenated alkanes) is 45. The highest BCUT2D eigenvalue weighted by molar-refractivity contribution is 7.47. The van der Waals surface area contributed by atoms with Gasteiger partial charge in [0.2, 0.25) is 0 Å². The van der Waals surface area contributed by atoms with Crippen LogP contribution in [0.15, 0.2) is 0 Å². The van der Waals surface area contributed by atoms with Gasteiger partial charge in [0, 0.05) is 25.7 Å². The van der Waals surface area contributed by atoms with E-state index in [-0.39, 0.29) is 25.7 Å². The molecule has 612 valence electrons. The van der Waals surface area contributed by atoms with E-state index in [4.69, 9.17) is 37.0 Å². The van der Waals surface area contributed by atoms with Crippen LogP contribution in [-0.2, 0) is 65.4 Å². The highest BCUT2D eigenvalue weighted by atomic mass is 31.2. The average Bonchev–Trinajstić information content (AvgIpc) is 0.929. The molecule has 0 saturated carbocycles. The molecule has 0 aromatic rings. The number of hydrogen-bond donors (Lipinski definition) is 3. The van der Waals surface area contributed by atoms with Crippen molar-refractivity contribution >= 4 is 39.5 Å². The van der Waals surface area contributed by atoms with Crippen LogP contribution in [0.5, 0.6) is 0 Å². The summed E-state index contributed by atoms with van der Waals surface area (Å²) in [6.07, 6.45) is 61.4. The zero-order chi connectivity index (χ0) is 76.0. The van der Waals surface area contributed by atoms with E-state index in [2.05, 4.69) is 55.4 Å². The normalized spacial score (nSPS) is 14.5. The number of ether oxygens (including phenoxy) is 4. The van der Waals surface area contributed by atoms with Crippen LogP contribution in [0.4, 0.5) is 0 Å². The van der Waals surface area contributed by atoms with Crippen molar-refractivity contribution < 1.29 is 80.2 Å². The van der Waals surface area contributed by atoms with Crippen molar-refractivity contribution in [2.45, 2.75) is 453 Å². The van der Waals surface area contributed by atoms with Gasteiger partial charge in [0.1, 0.15) is 19.3 Å². The lowest BCUT2D eigenvalue weighted by atomic mass is 9.99. The zero-order valence-electron chi connectivity index (χ0n) is 68.0. The Balaban J connectivity index is 5.11. The maximum Gasteiger partial charge on any atom is 0.472 e. The Morgan fingerprint density at radius 3 is 0.689 bits per heavy atom. The van der Waals surface area contributed by atoms with Crippen LogP contribution in [-0.4, -0.2) is 96.7 Å². The van der Waals surface area contributed by atoms with Gasteiger partial charge < -0.3 is 33.8 Å². The molecule has 0 aromatic carbocycles. The predicted molar refractivity (Wildman–Crippen MR) is 423 cm³/mol. The molecule has 0 rings (SSSR count). The number of aliphatic hydroxyl groups is 1. The van der Waals surface area contributed by atoms with Gasteiger partial charge in [-0.2, -0.15) is 0 Å². The first-order chi connectivity index (χ1) is 49.7. The maximum absolute atomic E-state index is 13.1. The molecule has 5 unspecified atom stereocenters. The van der Waals surface area contributed by atoms with Gasteiger partial charge in [-0.25, -0.2) is 9.13 Å². The summed E-state index contributed by atoms with van der Waals surface area (Å²) >= 11 is 0. The largest absolute Gasteiger partial charge is 0.472 e. The SMILES string of the molecule is CCC(C)CCCCCCCCCCCCCCCCCCCCC(=O)O[C@H](COC(=O)CCCCCCCCCC(C)C)COP(=O)(O)OCC(O)COP(=O)(O)OC[C@@H](COC(=O)CCCCCCCCCCCCCCCCCCCCC(C)C)OC(=O)CCCCCCCCC(C)CC. The molecule has 7 atom stereocenters. The molecule has 0 fully saturated rings. The molecular formula is C84H164O17P2. The number of carbonyl (C=O) groups excluding carboxylic acids is 4. The predicted octanol–water partition coefficient (Wildman–Crippen LogP) is 25.2. The van der Waals surface area contributed by atoms with Crippen LogP contribution in [0.3, 0.4) is 0 Å². The van der Waals surface area contributed by atoms with Crippen molar-refractivity contribution in [2.24, 2.45) is 23.7 Å². The van der Waals surface area contributed by atoms with Crippen LogP contribution in [0.25, 0.3) is 0 Å². The van der Waals surface area contributed by atoms with Gasteiger partial charge in [-0.3, -0.25) is 37.3 Å². The van der Waals surface area contributed by atoms with Crippen LogP contribution >= 0.6 is 15.6 Å². The third kappa shape index (κ3) is 75.3. The quantitative estimate of drug-likeness (QED) is 0.0222. The summed E-state index contributed by atoms with van der Waals surface area (Å²) in [5.74, 6) is 1.00. The van der Waals surface area contributed by atoms with Crippen molar-refractivity contribution in [3.05, 3.63) is 0 Å². The Morgan fingerprint density at radius 2 is 0.466 bits per heavy atom. The average molecular weight is 1510 g/mol. The summed E-state index contributed by atoms with van der Waals surface area (Å²) in [5, 5.41) is 10.6. The molecule has 19 heteroatoms. The first-order valence-corrected chi connectivity index (χ1v) is 46.3. The summed E-state index contributed by atoms with van der Waals surface area (Å²) < 4.78 is 68.7. The highest BCUT2D eigenvalue weighted by Crippen LogP contribution is 2.45. The standard InChI is InChI=1S/C84H164O17P2/c1-9-76(7)62-54-46-38-32-28-24-20-16-12-14-18-22-26-30-34-40-50-58-66-83(88)100-79(70-95-82(87)65-57-49-41-35-37-45-53-61-75(5)6)72-98-102(90,91)96-68-78(85)69-97-103(92,93)99-73-80(101-84(89)67-59-51-43-42-47-55-63-77(8)10-2)71-94-81(86)64-56-48-39-33-29-25-21-17-13-11-15-19-23-27-31-36-44-52-60-74(3)4/h74-80,85H,9-73H2,1-8H3,(H,90,91)(H,92,93)/t76?,77?,78?,79-,80-/m1/s1. The number of carbonyl (C=O) groups is 4. The van der Waals surface area contributed by atoms with Crippen molar-refractivity contribution in [3.63, 3.8) is 0 Å². The van der Waals surface area contributed by atoms with Crippen molar-refractivity contribution in [1.29, 1.82) is 0 Å². The maximum atomic E-state index is 13.1. The third-order valence-electron chi connectivity index (χ3n) is 20.3. The number of hydrogen-bond acceptors (Lipinski definition) is 15. The van der Waals surface area contributed by atoms with Gasteiger partial charge in [-0.15, -0.1) is 0 Å². The summed E-state index contributed by atoms with van der Waals surface area (Å²) in [7, 11) is -9.92. The first-order valence-electron chi connectivity index (χ1n) is 43.3. The molecule has 0 heterocycles. The molecule has 17 nitrogen and oxygen atoms in total. The van der Waals surface area contributed by atoms with Gasteiger partial charge in [0.05, 0.1) is 26.4 Å². The molecule has 0 aliphatic heterocycles. The highest BCUT2D eigenvalue weighted by Gasteiger charge is 2.30. The molecule has 0 aromatic heterocycles. The second-order valence-corrected chi connectivity index (χ2v) is 34.6. The molecule has 0 bridgehead atoms. The van der Waals surface area contributed by atoms with E-state index in [1.807, 2.05) is 0 Å². The van der Waals surface area contributed by atoms with Gasteiger partial charge >= 0.3 is 39.5 Å². The van der Waals surface area contributed by atoms with E-state index in [1.54, 1.807) is 0 Å². The lowest BCUT2D eigenvalue weighted by molar-refractivity contribution is -0.161. The van der Waals surface area contributed by atoms with Crippen LogP contribution < -0.4 is 0 Å². The lowest BCUT2D eigenvalue weighted by Crippen LogP contribution is -2.30. The third-order valence-corrected chi connectivity index (χ3v) is 22.2. The van der Waals surface area contributed by atoms with E-state index in [9.17, 15) is 43.2 Å². The van der Waals surface area contributed by atoms with Crippen molar-refractivity contribution in [2.75, 3.05) is 39.6 Å². The molecule has 103 heavy (non-hydrogen) atoms. The Bertz CT molecular complexity index is 2010. The fourth-order valence-electron chi connectivity index (χ4n) is 12.9. The summed E-state index contributed by atoms with van der Waals surface area (Å²) in [5.41, 5.74) is 0. The minimum absolute atomic E-state index is 0.103. The van der Waals surface area contributed by atoms with E-state index >= 15 is 0 Å². The molecule has 3 N–H and O–H groups in total. The second kappa shape index (κ2) is 72.9. The second-order valence-electron chi connectivity index (χ2n) is 31.7. The van der Waals surface area contributed by atoms with Crippen molar-refractivity contribution in [1.82, 2.24) is 0 Å². The number of aliphatic hydroxyl groups excluding tert-OH is 1. The van der Waals surface area contributed by atoms with Crippen LogP contribution in [0, 0.1) is 23.7 Å². The van der Waals surface area contributed by atoms with Gasteiger partial charge in [-0.05, 0) is 49.4 Å². The minimum Gasteiger partial charge on any atom is -0.462 e. The summed E-state index contributed by atoms with van der Waals surface area (Å²) in [6.45, 7) is 14.3. The first kappa shape index (κ1) is 101. The Labute approximate surface area is 632 Å². The summed E-state index contributed by atoms with van der Waals surface area (Å²) in [4.78, 5) is 73.0. The molecule has 0 spiro atoms. The number of phosphoric acid groups is 2. The Hall–Kier alpha value is -1.94. The minimum atomic E-state index is -4.96. The van der Waals surface area contributed by atoms with Crippen LogP contribution in [0.1, 0.15) is 434 Å². The molecule has 0 amide bonds. The zero-order valence-corrected chi connectivity index (χ0v) is 69.7. The molecule has 0 aliphatic carbocycles. The van der Waals surface area contributed by atoms with Gasteiger partial charge in [-0.1, -0.05) is 383 Å². The van der Waals surface area contributed by atoms with Crippen LogP contribution in [0.2, 0.25) is 0 Å². The van der Waals surface area contributed by atoms with Gasteiger partial charge in [0.25, 0.3) is 0 Å². The molecule has 0 aliphatic rings. The monoisotopic (exact) mass is 1510 g/mol. The molecule has 0 radical (unpaired) electrons. The Kier molecular flexibility index (Phi) is 71.5. The number of phosphoric ester groups is 2. The smallest absolute Gasteiger partial charge is 0.462 e. The van der Waals surface area contributed by atoms with Gasteiger partial charge in [0.15, 0.2) is 12.2 Å². The van der Waals surface area contributed by atoms with E-state index < -0.39 is 97.5 Å². The lowest BCUT2D eigenvalue weighted by Gasteiger charge is -2.21. The summed E-state index contributed by atoms with van der Waals surface area (Å²) in [6, 6.07) is 0. The van der Waals surface area contributed by atoms with Crippen molar-refractivity contribution in [3.8, 4) is 0 Å². The fourth-order valence-corrected chi connectivity index (χ4v) is 14.5. The Morgan fingerprint density at radius 1 is 0.272 bits per heavy atom. The fraction of sp³-hybridized carbons (Fsp3) is 0.952. The molecule has 0 saturated heterocycles. The topological polar surface area (TPSA) is 237 Å². The molecular weight excluding hydrogens is 1340 g/mol. The number of rotatable bonds is 81. The number of esters is 4. The van der Waals surface area contributed by atoms with E-state index in [0.717, 1.165) is 114 Å². The van der Waals surface area contributed by atoms with E-state index in [0.29, 0.717) is 31.6 Å².